The summed E-state index contributed by atoms with van der Waals surface area (Å²) in [5.41, 5.74) is 0. The van der Waals surface area contributed by atoms with E-state index in [1.807, 2.05) is 11.8 Å². The molecule has 1 N–H and O–H groups in total. The van der Waals surface area contributed by atoms with Gasteiger partial charge in [-0.1, -0.05) is 13.8 Å². The smallest absolute Gasteiger partial charge is 0.326 e. The summed E-state index contributed by atoms with van der Waals surface area (Å²) in [6, 6.07) is -0.533. The van der Waals surface area contributed by atoms with Gasteiger partial charge in [0.15, 0.2) is 0 Å². The van der Waals surface area contributed by atoms with Gasteiger partial charge in [-0.3, -0.25) is 0 Å². The Morgan fingerprint density at radius 1 is 1.05 bits per heavy atom. The number of nitrogens with zero attached hydrogens (tertiary/aromatic N) is 2. The molecule has 5 nitrogen and oxygen atoms in total. The lowest BCUT2D eigenvalue weighted by molar-refractivity contribution is -0.145. The summed E-state index contributed by atoms with van der Waals surface area (Å²) < 4.78 is 0. The third-order valence-corrected chi connectivity index (χ3v) is 4.80. The quantitative estimate of drug-likeness (QED) is 0.803. The van der Waals surface area contributed by atoms with Gasteiger partial charge in [-0.15, -0.1) is 0 Å². The molecule has 5 heteroatoms. The minimum absolute atomic E-state index is 0.0303. The van der Waals surface area contributed by atoms with Gasteiger partial charge < -0.3 is 14.9 Å². The fourth-order valence-corrected chi connectivity index (χ4v) is 3.50. The first-order chi connectivity index (χ1) is 9.41. The van der Waals surface area contributed by atoms with Crippen molar-refractivity contribution in [2.45, 2.75) is 58.5 Å². The fraction of sp³-hybridized carbons (Fsp3) is 0.867. The number of hydrogen-bond acceptors (Lipinski definition) is 2. The standard InChI is InChI=1S/C15H26N2O3/c1-10-6-7-12(3)17(9-10)15(20)16-8-4-5-11(2)13(16)14(18)19/h10-13H,4-9H2,1-3H3,(H,18,19). The highest BCUT2D eigenvalue weighted by Crippen LogP contribution is 2.28. The normalized spacial score (nSPS) is 35.0. The highest BCUT2D eigenvalue weighted by molar-refractivity contribution is 5.83. The molecule has 114 valence electrons. The molecule has 0 aromatic carbocycles. The summed E-state index contributed by atoms with van der Waals surface area (Å²) >= 11 is 0. The van der Waals surface area contributed by atoms with Crippen molar-refractivity contribution in [3.05, 3.63) is 0 Å². The average molecular weight is 282 g/mol. The average Bonchev–Trinajstić information content (AvgIpc) is 2.40. The number of urea groups is 1. The molecule has 20 heavy (non-hydrogen) atoms. The second-order valence-corrected chi connectivity index (χ2v) is 6.56. The van der Waals surface area contributed by atoms with Gasteiger partial charge in [-0.25, -0.2) is 9.59 Å². The second kappa shape index (κ2) is 6.02. The molecular weight excluding hydrogens is 256 g/mol. The van der Waals surface area contributed by atoms with Crippen molar-refractivity contribution < 1.29 is 14.7 Å². The number of aliphatic carboxylic acids is 1. The van der Waals surface area contributed by atoms with Gasteiger partial charge in [0.1, 0.15) is 6.04 Å². The van der Waals surface area contributed by atoms with E-state index in [1.165, 1.54) is 0 Å². The maximum Gasteiger partial charge on any atom is 0.326 e. The van der Waals surface area contributed by atoms with Gasteiger partial charge in [0.2, 0.25) is 0 Å². The van der Waals surface area contributed by atoms with E-state index >= 15 is 0 Å². The Morgan fingerprint density at radius 3 is 2.40 bits per heavy atom. The van der Waals surface area contributed by atoms with Crippen LogP contribution in [-0.4, -0.2) is 52.1 Å². The molecule has 2 aliphatic rings. The van der Waals surface area contributed by atoms with Gasteiger partial charge in [-0.2, -0.15) is 0 Å². The van der Waals surface area contributed by atoms with Crippen LogP contribution in [0.3, 0.4) is 0 Å². The number of carboxylic acid groups (broad SMARTS) is 1. The summed E-state index contributed by atoms with van der Waals surface area (Å²) in [6.07, 6.45) is 3.93. The minimum Gasteiger partial charge on any atom is -0.480 e. The van der Waals surface area contributed by atoms with Crippen molar-refractivity contribution in [1.29, 1.82) is 0 Å². The SMILES string of the molecule is CC1CCC(C)N(C(=O)N2CCCC(C)C2C(=O)O)C1. The van der Waals surface area contributed by atoms with E-state index in [0.29, 0.717) is 12.5 Å². The van der Waals surface area contributed by atoms with E-state index in [0.717, 1.165) is 32.2 Å². The molecule has 2 rings (SSSR count). The maximum absolute atomic E-state index is 12.8. The van der Waals surface area contributed by atoms with Gasteiger partial charge in [0.25, 0.3) is 0 Å². The molecule has 2 fully saturated rings. The molecule has 0 radical (unpaired) electrons. The van der Waals surface area contributed by atoms with Crippen molar-refractivity contribution in [3.63, 3.8) is 0 Å². The molecule has 2 amide bonds. The molecule has 0 bridgehead atoms. The highest BCUT2D eigenvalue weighted by Gasteiger charge is 2.40. The molecule has 0 saturated carbocycles. The van der Waals surface area contributed by atoms with Crippen LogP contribution in [0.1, 0.15) is 46.5 Å². The van der Waals surface area contributed by atoms with Crippen LogP contribution in [0, 0.1) is 11.8 Å². The number of carbonyl (C=O) groups excluding carboxylic acids is 1. The molecule has 4 atom stereocenters. The first kappa shape index (κ1) is 15.1. The van der Waals surface area contributed by atoms with Gasteiger partial charge in [0.05, 0.1) is 0 Å². The highest BCUT2D eigenvalue weighted by atomic mass is 16.4. The lowest BCUT2D eigenvalue weighted by atomic mass is 9.90. The third kappa shape index (κ3) is 2.91. The van der Waals surface area contributed by atoms with E-state index in [9.17, 15) is 14.7 Å². The lowest BCUT2D eigenvalue weighted by Gasteiger charge is -2.44. The maximum atomic E-state index is 12.8. The summed E-state index contributed by atoms with van der Waals surface area (Å²) in [5.74, 6) is -0.341. The largest absolute Gasteiger partial charge is 0.480 e. The van der Waals surface area contributed by atoms with E-state index in [1.54, 1.807) is 4.90 Å². The van der Waals surface area contributed by atoms with Gasteiger partial charge >= 0.3 is 12.0 Å². The molecule has 4 unspecified atom stereocenters. The third-order valence-electron chi connectivity index (χ3n) is 4.80. The Bertz CT molecular complexity index is 385. The summed E-state index contributed by atoms with van der Waals surface area (Å²) in [4.78, 5) is 27.7. The monoisotopic (exact) mass is 282 g/mol. The van der Waals surface area contributed by atoms with Crippen LogP contribution in [0.15, 0.2) is 0 Å². The molecule has 2 aliphatic heterocycles. The van der Waals surface area contributed by atoms with Crippen LogP contribution in [-0.2, 0) is 4.79 Å². The number of likely N-dealkylation sites (tertiary alicyclic amines) is 2. The van der Waals surface area contributed by atoms with E-state index in [2.05, 4.69) is 13.8 Å². The van der Waals surface area contributed by atoms with Gasteiger partial charge in [0, 0.05) is 19.1 Å². The number of rotatable bonds is 1. The Labute approximate surface area is 120 Å². The predicted molar refractivity (Wildman–Crippen MR) is 76.5 cm³/mol. The molecule has 0 aromatic rings. The van der Waals surface area contributed by atoms with Crippen LogP contribution in [0.25, 0.3) is 0 Å². The number of carboxylic acids is 1. The van der Waals surface area contributed by atoms with Crippen molar-refractivity contribution in [3.8, 4) is 0 Å². The van der Waals surface area contributed by atoms with Crippen LogP contribution in [0.2, 0.25) is 0 Å². The Morgan fingerprint density at radius 2 is 1.75 bits per heavy atom. The Kier molecular flexibility index (Phi) is 4.55. The topological polar surface area (TPSA) is 60.9 Å². The van der Waals surface area contributed by atoms with Crippen LogP contribution in [0.5, 0.6) is 0 Å². The Hall–Kier alpha value is -1.26. The fourth-order valence-electron chi connectivity index (χ4n) is 3.50. The zero-order valence-electron chi connectivity index (χ0n) is 12.7. The molecule has 0 spiro atoms. The zero-order valence-corrected chi connectivity index (χ0v) is 12.7. The number of hydrogen-bond donors (Lipinski definition) is 1. The molecule has 0 aromatic heterocycles. The number of piperidine rings is 2. The van der Waals surface area contributed by atoms with Crippen molar-refractivity contribution in [2.24, 2.45) is 11.8 Å². The van der Waals surface area contributed by atoms with Crippen molar-refractivity contribution in [1.82, 2.24) is 9.80 Å². The van der Waals surface area contributed by atoms with E-state index in [4.69, 9.17) is 0 Å². The summed E-state index contributed by atoms with van der Waals surface area (Å²) in [6.45, 7) is 7.46. The first-order valence-corrected chi connectivity index (χ1v) is 7.71. The summed E-state index contributed by atoms with van der Waals surface area (Å²) in [7, 11) is 0. The molecule has 2 saturated heterocycles. The molecule has 2 heterocycles. The van der Waals surface area contributed by atoms with Gasteiger partial charge in [-0.05, 0) is 44.4 Å². The van der Waals surface area contributed by atoms with Crippen molar-refractivity contribution >= 4 is 12.0 Å². The predicted octanol–water partition coefficient (Wildman–Crippen LogP) is 2.41. The zero-order chi connectivity index (χ0) is 14.9. The van der Waals surface area contributed by atoms with E-state index < -0.39 is 12.0 Å². The Balaban J connectivity index is 2.15. The van der Waals surface area contributed by atoms with Crippen LogP contribution < -0.4 is 0 Å². The minimum atomic E-state index is -0.872. The van der Waals surface area contributed by atoms with E-state index in [-0.39, 0.29) is 18.0 Å². The summed E-state index contributed by atoms with van der Waals surface area (Å²) in [5, 5.41) is 9.43. The second-order valence-electron chi connectivity index (χ2n) is 6.56. The van der Waals surface area contributed by atoms with Crippen molar-refractivity contribution in [2.75, 3.05) is 13.1 Å². The molecule has 0 aliphatic carbocycles. The number of amides is 2. The van der Waals surface area contributed by atoms with Crippen LogP contribution >= 0.6 is 0 Å². The lowest BCUT2D eigenvalue weighted by Crippen LogP contribution is -2.58. The molecular formula is C15H26N2O3. The number of carbonyl (C=O) groups is 2. The first-order valence-electron chi connectivity index (χ1n) is 7.71. The van der Waals surface area contributed by atoms with Crippen LogP contribution in [0.4, 0.5) is 4.79 Å².